The van der Waals surface area contributed by atoms with Gasteiger partial charge in [0.2, 0.25) is 0 Å². The summed E-state index contributed by atoms with van der Waals surface area (Å²) < 4.78 is 26.5. The highest BCUT2D eigenvalue weighted by atomic mass is 19.2. The van der Waals surface area contributed by atoms with Crippen molar-refractivity contribution in [2.45, 2.75) is 12.8 Å². The highest BCUT2D eigenvalue weighted by Crippen LogP contribution is 2.18. The standard InChI is InChI=1S/C20H25F2N5/c1-15(16-6-7-17(21)18(22)13-16)14-25-20(23-2)27-11-9-26(10-12-27)19-5-3-4-8-24-19/h3-8,13,15H,9-12,14H2,1-2H3,(H,23,25). The average molecular weight is 373 g/mol. The molecule has 5 nitrogen and oxygen atoms in total. The second kappa shape index (κ2) is 8.79. The van der Waals surface area contributed by atoms with Crippen molar-refractivity contribution in [1.29, 1.82) is 0 Å². The van der Waals surface area contributed by atoms with Crippen LogP contribution in [0, 0.1) is 11.6 Å². The van der Waals surface area contributed by atoms with Gasteiger partial charge in [0.15, 0.2) is 17.6 Å². The van der Waals surface area contributed by atoms with Crippen LogP contribution in [0.1, 0.15) is 18.4 Å². The van der Waals surface area contributed by atoms with Crippen LogP contribution in [0.5, 0.6) is 0 Å². The molecule has 27 heavy (non-hydrogen) atoms. The number of rotatable bonds is 4. The van der Waals surface area contributed by atoms with E-state index in [0.29, 0.717) is 6.54 Å². The number of aromatic nitrogens is 1. The number of hydrogen-bond acceptors (Lipinski definition) is 3. The summed E-state index contributed by atoms with van der Waals surface area (Å²) in [5.41, 5.74) is 0.761. The molecular weight excluding hydrogens is 348 g/mol. The minimum Gasteiger partial charge on any atom is -0.356 e. The van der Waals surface area contributed by atoms with Crippen LogP contribution in [0.4, 0.5) is 14.6 Å². The van der Waals surface area contributed by atoms with Crippen LogP contribution < -0.4 is 10.2 Å². The third-order valence-corrected chi connectivity index (χ3v) is 4.84. The Kier molecular flexibility index (Phi) is 6.21. The van der Waals surface area contributed by atoms with Crippen molar-refractivity contribution >= 4 is 11.8 Å². The lowest BCUT2D eigenvalue weighted by molar-refractivity contribution is 0.370. The Morgan fingerprint density at radius 1 is 1.15 bits per heavy atom. The quantitative estimate of drug-likeness (QED) is 0.661. The zero-order valence-corrected chi connectivity index (χ0v) is 15.7. The predicted octanol–water partition coefficient (Wildman–Crippen LogP) is 2.86. The molecule has 0 spiro atoms. The number of benzene rings is 1. The van der Waals surface area contributed by atoms with Gasteiger partial charge in [-0.2, -0.15) is 0 Å². The molecule has 1 aromatic heterocycles. The Morgan fingerprint density at radius 3 is 2.56 bits per heavy atom. The van der Waals surface area contributed by atoms with Gasteiger partial charge in [0.1, 0.15) is 5.82 Å². The Hall–Kier alpha value is -2.70. The number of aliphatic imine (C=N–C) groups is 1. The van der Waals surface area contributed by atoms with Crippen molar-refractivity contribution in [1.82, 2.24) is 15.2 Å². The van der Waals surface area contributed by atoms with Crippen LogP contribution in [0.3, 0.4) is 0 Å². The van der Waals surface area contributed by atoms with Crippen molar-refractivity contribution in [3.8, 4) is 0 Å². The zero-order chi connectivity index (χ0) is 19.2. The minimum atomic E-state index is -0.819. The minimum absolute atomic E-state index is 0.0339. The molecule has 3 rings (SSSR count). The Labute approximate surface area is 158 Å². The van der Waals surface area contributed by atoms with E-state index in [1.54, 1.807) is 13.1 Å². The van der Waals surface area contributed by atoms with Gasteiger partial charge in [-0.05, 0) is 35.7 Å². The van der Waals surface area contributed by atoms with E-state index in [-0.39, 0.29) is 5.92 Å². The van der Waals surface area contributed by atoms with E-state index in [4.69, 9.17) is 0 Å². The van der Waals surface area contributed by atoms with Crippen LogP contribution >= 0.6 is 0 Å². The molecule has 0 amide bonds. The first-order chi connectivity index (χ1) is 13.1. The molecule has 0 aliphatic carbocycles. The van der Waals surface area contributed by atoms with Crippen molar-refractivity contribution in [2.75, 3.05) is 44.7 Å². The molecule has 7 heteroatoms. The summed E-state index contributed by atoms with van der Waals surface area (Å²) in [4.78, 5) is 13.2. The van der Waals surface area contributed by atoms with Crippen molar-refractivity contribution in [3.63, 3.8) is 0 Å². The number of nitrogens with one attached hydrogen (secondary N) is 1. The number of halogens is 2. The van der Waals surface area contributed by atoms with Gasteiger partial charge in [0.05, 0.1) is 0 Å². The first kappa shape index (κ1) is 19.1. The Balaban J connectivity index is 1.53. The van der Waals surface area contributed by atoms with E-state index in [0.717, 1.165) is 43.5 Å². The fourth-order valence-corrected chi connectivity index (χ4v) is 3.20. The predicted molar refractivity (Wildman–Crippen MR) is 104 cm³/mol. The highest BCUT2D eigenvalue weighted by Gasteiger charge is 2.20. The van der Waals surface area contributed by atoms with Crippen LogP contribution in [-0.4, -0.2) is 55.6 Å². The maximum atomic E-state index is 13.4. The molecular formula is C20H25F2N5. The van der Waals surface area contributed by atoms with Crippen LogP contribution in [0.15, 0.2) is 47.6 Å². The summed E-state index contributed by atoms with van der Waals surface area (Å²) in [5, 5.41) is 3.35. The second-order valence-corrected chi connectivity index (χ2v) is 6.66. The van der Waals surface area contributed by atoms with Gasteiger partial charge in [0.25, 0.3) is 0 Å². The second-order valence-electron chi connectivity index (χ2n) is 6.66. The van der Waals surface area contributed by atoms with Crippen molar-refractivity contribution in [2.24, 2.45) is 4.99 Å². The molecule has 1 N–H and O–H groups in total. The fraction of sp³-hybridized carbons (Fsp3) is 0.400. The summed E-state index contributed by atoms with van der Waals surface area (Å²) >= 11 is 0. The van der Waals surface area contributed by atoms with E-state index in [1.165, 1.54) is 12.1 Å². The average Bonchev–Trinajstić information content (AvgIpc) is 2.71. The smallest absolute Gasteiger partial charge is 0.193 e. The summed E-state index contributed by atoms with van der Waals surface area (Å²) in [6.45, 7) is 6.00. The number of pyridine rings is 1. The molecule has 144 valence electrons. The Bertz CT molecular complexity index is 773. The van der Waals surface area contributed by atoms with E-state index in [9.17, 15) is 8.78 Å². The third-order valence-electron chi connectivity index (χ3n) is 4.84. The molecule has 1 saturated heterocycles. The van der Waals surface area contributed by atoms with E-state index < -0.39 is 11.6 Å². The van der Waals surface area contributed by atoms with Crippen molar-refractivity contribution in [3.05, 3.63) is 59.8 Å². The monoisotopic (exact) mass is 373 g/mol. The summed E-state index contributed by atoms with van der Waals surface area (Å²) in [7, 11) is 1.76. The molecule has 1 atom stereocenters. The maximum absolute atomic E-state index is 13.4. The summed E-state index contributed by atoms with van der Waals surface area (Å²) in [6.07, 6.45) is 1.81. The molecule has 0 saturated carbocycles. The number of guanidine groups is 1. The van der Waals surface area contributed by atoms with Gasteiger partial charge >= 0.3 is 0 Å². The largest absolute Gasteiger partial charge is 0.356 e. The van der Waals surface area contributed by atoms with Crippen LogP contribution in [0.25, 0.3) is 0 Å². The van der Waals surface area contributed by atoms with Gasteiger partial charge in [-0.15, -0.1) is 0 Å². The third kappa shape index (κ3) is 4.72. The molecule has 1 aliphatic heterocycles. The lowest BCUT2D eigenvalue weighted by Crippen LogP contribution is -2.53. The van der Waals surface area contributed by atoms with Gasteiger partial charge < -0.3 is 15.1 Å². The molecule has 0 bridgehead atoms. The van der Waals surface area contributed by atoms with Crippen LogP contribution in [0.2, 0.25) is 0 Å². The maximum Gasteiger partial charge on any atom is 0.193 e. The number of nitrogens with zero attached hydrogens (tertiary/aromatic N) is 4. The lowest BCUT2D eigenvalue weighted by Gasteiger charge is -2.37. The SMILES string of the molecule is CN=C(NCC(C)c1ccc(F)c(F)c1)N1CCN(c2ccccn2)CC1. The van der Waals surface area contributed by atoms with Gasteiger partial charge in [0, 0.05) is 46.0 Å². The normalized spacial score (nSPS) is 16.4. The molecule has 2 heterocycles. The molecule has 1 unspecified atom stereocenters. The first-order valence-corrected chi connectivity index (χ1v) is 9.15. The Morgan fingerprint density at radius 2 is 1.93 bits per heavy atom. The lowest BCUT2D eigenvalue weighted by atomic mass is 10.0. The summed E-state index contributed by atoms with van der Waals surface area (Å²) in [5.74, 6) is 0.221. The van der Waals surface area contributed by atoms with Crippen molar-refractivity contribution < 1.29 is 8.78 Å². The number of hydrogen-bond donors (Lipinski definition) is 1. The molecule has 2 aromatic rings. The molecule has 1 fully saturated rings. The number of piperazine rings is 1. The van der Waals surface area contributed by atoms with Gasteiger partial charge in [-0.25, -0.2) is 13.8 Å². The zero-order valence-electron chi connectivity index (χ0n) is 15.7. The molecule has 1 aromatic carbocycles. The van der Waals surface area contributed by atoms with Gasteiger partial charge in [-0.1, -0.05) is 19.1 Å². The van der Waals surface area contributed by atoms with E-state index in [2.05, 4.69) is 25.1 Å². The summed E-state index contributed by atoms with van der Waals surface area (Å²) in [6, 6.07) is 9.99. The highest BCUT2D eigenvalue weighted by molar-refractivity contribution is 5.80. The van der Waals surface area contributed by atoms with E-state index in [1.807, 2.05) is 31.3 Å². The topological polar surface area (TPSA) is 43.8 Å². The number of anilines is 1. The van der Waals surface area contributed by atoms with Crippen LogP contribution in [-0.2, 0) is 0 Å². The molecule has 0 radical (unpaired) electrons. The first-order valence-electron chi connectivity index (χ1n) is 9.15. The van der Waals surface area contributed by atoms with Gasteiger partial charge in [-0.3, -0.25) is 4.99 Å². The van der Waals surface area contributed by atoms with E-state index >= 15 is 0 Å². The molecule has 1 aliphatic rings. The fourth-order valence-electron chi connectivity index (χ4n) is 3.20.